The van der Waals surface area contributed by atoms with Gasteiger partial charge in [-0.1, -0.05) is 0 Å². The lowest BCUT2D eigenvalue weighted by Gasteiger charge is -2.23. The number of nitrogens with zero attached hydrogens (tertiary/aromatic N) is 2. The van der Waals surface area contributed by atoms with Crippen LogP contribution in [0.5, 0.6) is 0 Å². The maximum atomic E-state index is 14.9. The zero-order valence-electron chi connectivity index (χ0n) is 15.5. The number of carbonyl (C=O) groups excluding carboxylic acids is 1. The van der Waals surface area contributed by atoms with Crippen molar-refractivity contribution in [2.75, 3.05) is 18.0 Å². The summed E-state index contributed by atoms with van der Waals surface area (Å²) >= 11 is 0. The van der Waals surface area contributed by atoms with Crippen LogP contribution in [0.3, 0.4) is 0 Å². The molecule has 6 nitrogen and oxygen atoms in total. The minimum absolute atomic E-state index is 0.113. The number of hydrogen-bond acceptors (Lipinski definition) is 4. The molecule has 30 heavy (non-hydrogen) atoms. The van der Waals surface area contributed by atoms with Crippen LogP contribution in [0.25, 0.3) is 16.6 Å². The average Bonchev–Trinajstić information content (AvgIpc) is 3.10. The molecule has 1 saturated carbocycles. The minimum atomic E-state index is -1.28. The molecule has 1 aromatic heterocycles. The SMILES string of the molecule is NC1[C@H]2CN(c3cc4c(cc3F)c(=O)c(C(=O)[OH2+])cn4-c3ccc(F)cc3F)C[C@@H]12. The Morgan fingerprint density at radius 2 is 1.70 bits per heavy atom. The van der Waals surface area contributed by atoms with Gasteiger partial charge in [0.2, 0.25) is 5.43 Å². The number of hydrogen-bond donors (Lipinski definition) is 1. The van der Waals surface area contributed by atoms with E-state index in [0.717, 1.165) is 24.4 Å². The molecule has 2 aromatic carbocycles. The Morgan fingerprint density at radius 1 is 1.03 bits per heavy atom. The number of halogens is 3. The Labute approximate surface area is 167 Å². The molecule has 1 aliphatic carbocycles. The van der Waals surface area contributed by atoms with E-state index in [4.69, 9.17) is 10.8 Å². The Kier molecular flexibility index (Phi) is 3.94. The van der Waals surface area contributed by atoms with Crippen molar-refractivity contribution in [3.05, 3.63) is 69.8 Å². The van der Waals surface area contributed by atoms with E-state index in [0.29, 0.717) is 31.0 Å². The van der Waals surface area contributed by atoms with Crippen LogP contribution in [0.15, 0.2) is 41.3 Å². The highest BCUT2D eigenvalue weighted by Gasteiger charge is 2.53. The summed E-state index contributed by atoms with van der Waals surface area (Å²) in [5.41, 5.74) is 4.85. The Morgan fingerprint density at radius 3 is 2.33 bits per heavy atom. The van der Waals surface area contributed by atoms with Crippen molar-refractivity contribution in [1.82, 2.24) is 4.57 Å². The number of fused-ring (bicyclic) bond motifs is 2. The molecule has 2 fully saturated rings. The molecule has 5 rings (SSSR count). The fourth-order valence-corrected chi connectivity index (χ4v) is 4.38. The highest BCUT2D eigenvalue weighted by Crippen LogP contribution is 2.46. The zero-order chi connectivity index (χ0) is 21.3. The molecule has 0 spiro atoms. The quantitative estimate of drug-likeness (QED) is 0.658. The number of rotatable bonds is 3. The number of pyridine rings is 1. The summed E-state index contributed by atoms with van der Waals surface area (Å²) in [7, 11) is 0. The van der Waals surface area contributed by atoms with E-state index in [-0.39, 0.29) is 28.3 Å². The first-order valence-corrected chi connectivity index (χ1v) is 9.37. The third-order valence-corrected chi connectivity index (χ3v) is 6.09. The predicted octanol–water partition coefficient (Wildman–Crippen LogP) is 1.67. The number of nitrogens with two attached hydrogens (primary N) is 1. The highest BCUT2D eigenvalue weighted by atomic mass is 19.1. The Bertz CT molecular complexity index is 1280. The molecule has 0 amide bonds. The Balaban J connectivity index is 1.76. The molecule has 1 saturated heterocycles. The second kappa shape index (κ2) is 6.33. The summed E-state index contributed by atoms with van der Waals surface area (Å²) in [5, 5.41) is 7.17. The molecule has 2 heterocycles. The van der Waals surface area contributed by atoms with Gasteiger partial charge in [-0.2, -0.15) is 0 Å². The van der Waals surface area contributed by atoms with E-state index in [2.05, 4.69) is 0 Å². The highest BCUT2D eigenvalue weighted by molar-refractivity contribution is 5.94. The first-order valence-electron chi connectivity index (χ1n) is 9.37. The molecule has 4 N–H and O–H groups in total. The molecule has 0 radical (unpaired) electrons. The number of piperidine rings is 1. The van der Waals surface area contributed by atoms with Crippen molar-refractivity contribution < 1.29 is 23.1 Å². The van der Waals surface area contributed by atoms with Crippen LogP contribution in [-0.4, -0.2) is 34.8 Å². The first kappa shape index (κ1) is 18.7. The van der Waals surface area contributed by atoms with Crippen molar-refractivity contribution >= 4 is 22.6 Å². The van der Waals surface area contributed by atoms with Gasteiger partial charge in [0.15, 0.2) is 5.56 Å². The van der Waals surface area contributed by atoms with Gasteiger partial charge < -0.3 is 20.3 Å². The fraction of sp³-hybridized carbons (Fsp3) is 0.238. The molecule has 2 aliphatic rings. The second-order valence-electron chi connectivity index (χ2n) is 7.80. The van der Waals surface area contributed by atoms with Crippen LogP contribution in [0.1, 0.15) is 10.4 Å². The largest absolute Gasteiger partial charge is 0.561 e. The van der Waals surface area contributed by atoms with Gasteiger partial charge in [-0.25, -0.2) is 13.2 Å². The Hall–Kier alpha value is -3.33. The smallest absolute Gasteiger partial charge is 0.554 e. The lowest BCUT2D eigenvalue weighted by molar-refractivity contribution is 0.0695. The van der Waals surface area contributed by atoms with Crippen molar-refractivity contribution in [3.8, 4) is 5.69 Å². The number of anilines is 1. The zero-order valence-corrected chi connectivity index (χ0v) is 15.5. The van der Waals surface area contributed by atoms with Gasteiger partial charge in [0.05, 0.1) is 22.3 Å². The fourth-order valence-electron chi connectivity index (χ4n) is 4.38. The maximum Gasteiger partial charge on any atom is 0.554 e. The van der Waals surface area contributed by atoms with Gasteiger partial charge in [-0.15, -0.1) is 0 Å². The van der Waals surface area contributed by atoms with Crippen molar-refractivity contribution in [1.29, 1.82) is 0 Å². The summed E-state index contributed by atoms with van der Waals surface area (Å²) in [6.45, 7) is 1.15. The van der Waals surface area contributed by atoms with E-state index in [9.17, 15) is 22.8 Å². The summed E-state index contributed by atoms with van der Waals surface area (Å²) < 4.78 is 44.0. The van der Waals surface area contributed by atoms with Crippen molar-refractivity contribution in [2.45, 2.75) is 6.04 Å². The third-order valence-electron chi connectivity index (χ3n) is 6.09. The molecule has 3 atom stereocenters. The normalized spacial score (nSPS) is 22.4. The molecular weight excluding hydrogens is 399 g/mol. The second-order valence-corrected chi connectivity index (χ2v) is 7.80. The lowest BCUT2D eigenvalue weighted by Crippen LogP contribution is -2.29. The number of carbonyl (C=O) groups is 1. The standard InChI is InChI=1S/C21H16F3N3O3/c22-9-1-2-16(14(23)3-9)27-8-13(21(29)30)20(28)10-4-15(24)18(5-17(10)27)26-6-11-12(7-26)19(11)25/h1-5,8,11-12,19H,6-7,25H2,(H,29,30)/p+1/t11-,12+,19?. The average molecular weight is 416 g/mol. The first-order chi connectivity index (χ1) is 14.3. The van der Waals surface area contributed by atoms with E-state index in [1.807, 2.05) is 4.90 Å². The summed E-state index contributed by atoms with van der Waals surface area (Å²) in [6, 6.07) is 5.39. The van der Waals surface area contributed by atoms with Crippen LogP contribution in [0.2, 0.25) is 0 Å². The topological polar surface area (TPSA) is 91.2 Å². The van der Waals surface area contributed by atoms with Gasteiger partial charge in [0.25, 0.3) is 0 Å². The van der Waals surface area contributed by atoms with Crippen LogP contribution in [-0.2, 0) is 0 Å². The van der Waals surface area contributed by atoms with Crippen molar-refractivity contribution in [2.24, 2.45) is 17.6 Å². The number of aromatic nitrogens is 1. The molecule has 9 heteroatoms. The van der Waals surface area contributed by atoms with Gasteiger partial charge in [-0.3, -0.25) is 4.79 Å². The van der Waals surface area contributed by atoms with Crippen LogP contribution in [0, 0.1) is 29.3 Å². The molecular formula is C21H17F3N3O3+. The van der Waals surface area contributed by atoms with Gasteiger partial charge in [0, 0.05) is 36.2 Å². The summed E-state index contributed by atoms with van der Waals surface area (Å²) in [4.78, 5) is 26.2. The molecule has 154 valence electrons. The molecule has 1 aliphatic heterocycles. The third kappa shape index (κ3) is 2.69. The summed E-state index contributed by atoms with van der Waals surface area (Å²) in [6.07, 6.45) is 1.04. The monoisotopic (exact) mass is 416 g/mol. The molecule has 3 aromatic rings. The number of benzene rings is 2. The van der Waals surface area contributed by atoms with Crippen LogP contribution < -0.4 is 16.1 Å². The van der Waals surface area contributed by atoms with E-state index < -0.39 is 34.4 Å². The predicted molar refractivity (Wildman–Crippen MR) is 105 cm³/mol. The van der Waals surface area contributed by atoms with Gasteiger partial charge >= 0.3 is 5.97 Å². The minimum Gasteiger partial charge on any atom is -0.561 e. The van der Waals surface area contributed by atoms with Gasteiger partial charge in [-0.05, 0) is 36.1 Å². The molecule has 0 bridgehead atoms. The van der Waals surface area contributed by atoms with Crippen LogP contribution >= 0.6 is 0 Å². The van der Waals surface area contributed by atoms with E-state index in [1.54, 1.807) is 0 Å². The van der Waals surface area contributed by atoms with Gasteiger partial charge in [0.1, 0.15) is 17.5 Å². The van der Waals surface area contributed by atoms with Crippen molar-refractivity contribution in [3.63, 3.8) is 0 Å². The van der Waals surface area contributed by atoms with E-state index >= 15 is 0 Å². The molecule has 1 unspecified atom stereocenters. The van der Waals surface area contributed by atoms with E-state index in [1.165, 1.54) is 10.6 Å². The maximum absolute atomic E-state index is 14.9. The summed E-state index contributed by atoms with van der Waals surface area (Å²) in [5.74, 6) is -3.08. The lowest BCUT2D eigenvalue weighted by atomic mass is 10.1. The van der Waals surface area contributed by atoms with Crippen LogP contribution in [0.4, 0.5) is 18.9 Å².